The van der Waals surface area contributed by atoms with Crippen molar-refractivity contribution < 1.29 is 25.2 Å². The van der Waals surface area contributed by atoms with Gasteiger partial charge < -0.3 is 0 Å². The maximum atomic E-state index is 5.84. The van der Waals surface area contributed by atoms with Crippen molar-refractivity contribution in [3.8, 4) is 5.75 Å². The van der Waals surface area contributed by atoms with E-state index in [-0.39, 0.29) is 30.9 Å². The van der Waals surface area contributed by atoms with Crippen molar-refractivity contribution in [2.75, 3.05) is 0 Å². The molecule has 0 radical (unpaired) electrons. The van der Waals surface area contributed by atoms with Gasteiger partial charge in [-0.1, -0.05) is 0 Å². The van der Waals surface area contributed by atoms with Crippen LogP contribution in [0.4, 0.5) is 0 Å². The molecule has 103 valence electrons. The van der Waals surface area contributed by atoms with Crippen LogP contribution >= 0.6 is 24.8 Å². The molecule has 0 unspecified atom stereocenters. The van der Waals surface area contributed by atoms with E-state index in [4.69, 9.17) is 4.74 Å². The van der Waals surface area contributed by atoms with E-state index in [0.717, 1.165) is 18.6 Å². The molecule has 0 fully saturated rings. The SMILES string of the molecule is CC(C)Oc1ccccc1CC1=[C]([Ti])CC=C1.Cl.Cl. The molecule has 0 amide bonds. The molecule has 1 aliphatic carbocycles. The van der Waals surface area contributed by atoms with Gasteiger partial charge in [0, 0.05) is 0 Å². The molecule has 0 aromatic heterocycles. The Kier molecular flexibility index (Phi) is 8.77. The molecule has 2 rings (SSSR count). The molecule has 0 saturated carbocycles. The Labute approximate surface area is 139 Å². The van der Waals surface area contributed by atoms with Crippen molar-refractivity contribution in [2.45, 2.75) is 32.8 Å². The van der Waals surface area contributed by atoms with Gasteiger partial charge in [-0.2, -0.15) is 0 Å². The number of hydrogen-bond donors (Lipinski definition) is 0. The van der Waals surface area contributed by atoms with E-state index in [2.05, 4.69) is 64.6 Å². The van der Waals surface area contributed by atoms with Gasteiger partial charge in [-0.25, -0.2) is 0 Å². The van der Waals surface area contributed by atoms with Crippen molar-refractivity contribution in [1.29, 1.82) is 0 Å². The van der Waals surface area contributed by atoms with Crippen molar-refractivity contribution in [2.24, 2.45) is 0 Å². The zero-order chi connectivity index (χ0) is 12.3. The van der Waals surface area contributed by atoms with E-state index in [1.54, 1.807) is 0 Å². The third-order valence-electron chi connectivity index (χ3n) is 2.74. The van der Waals surface area contributed by atoms with Crippen molar-refractivity contribution in [3.05, 3.63) is 51.4 Å². The van der Waals surface area contributed by atoms with Gasteiger partial charge in [-0.3, -0.25) is 0 Å². The van der Waals surface area contributed by atoms with Gasteiger partial charge in [0.15, 0.2) is 0 Å². The summed E-state index contributed by atoms with van der Waals surface area (Å²) in [6.07, 6.45) is 6.77. The van der Waals surface area contributed by atoms with Crippen LogP contribution in [-0.2, 0) is 26.9 Å². The fourth-order valence-corrected chi connectivity index (χ4v) is 2.39. The van der Waals surface area contributed by atoms with Crippen LogP contribution in [0.15, 0.2) is 45.9 Å². The van der Waals surface area contributed by atoms with Crippen LogP contribution in [0.25, 0.3) is 0 Å². The first-order valence-corrected chi connectivity index (χ1v) is 6.79. The summed E-state index contributed by atoms with van der Waals surface area (Å²) in [5.41, 5.74) is 2.71. The molecule has 0 N–H and O–H groups in total. The first-order chi connectivity index (χ1) is 8.16. The number of halogens is 2. The summed E-state index contributed by atoms with van der Waals surface area (Å²) in [6.45, 7) is 4.13. The molecule has 1 aromatic carbocycles. The monoisotopic (exact) mass is 333 g/mol. The van der Waals surface area contributed by atoms with Gasteiger partial charge in [-0.15, -0.1) is 24.8 Å². The zero-order valence-corrected chi connectivity index (χ0v) is 14.4. The van der Waals surface area contributed by atoms with Crippen LogP contribution in [0, 0.1) is 0 Å². The second-order valence-corrected chi connectivity index (χ2v) is 5.50. The normalized spacial score (nSPS) is 13.2. The van der Waals surface area contributed by atoms with Crippen molar-refractivity contribution in [3.63, 3.8) is 0 Å². The van der Waals surface area contributed by atoms with Gasteiger partial charge in [0.2, 0.25) is 0 Å². The van der Waals surface area contributed by atoms with Gasteiger partial charge in [-0.05, 0) is 0 Å². The van der Waals surface area contributed by atoms with E-state index in [0.29, 0.717) is 0 Å². The van der Waals surface area contributed by atoms with Gasteiger partial charge in [0.1, 0.15) is 0 Å². The standard InChI is InChI=1S/C15H17O.2ClH.Ti/c1-12(2)16-15-10-6-5-9-14(15)11-13-7-3-4-8-13;;;/h3,5-7,9-10,12H,4,11H2,1-2H3;2*1H;. The van der Waals surface area contributed by atoms with Crippen LogP contribution in [0.2, 0.25) is 0 Å². The second-order valence-electron chi connectivity index (χ2n) is 4.56. The van der Waals surface area contributed by atoms with Gasteiger partial charge >= 0.3 is 115 Å². The Morgan fingerprint density at radius 3 is 2.47 bits per heavy atom. The first kappa shape index (κ1) is 18.8. The Morgan fingerprint density at radius 1 is 1.21 bits per heavy atom. The topological polar surface area (TPSA) is 9.23 Å². The molecule has 0 heterocycles. The molecule has 1 aromatic rings. The molecule has 1 nitrogen and oxygen atoms in total. The van der Waals surface area contributed by atoms with Crippen molar-refractivity contribution >= 4 is 24.8 Å². The Balaban J connectivity index is 0.00000162. The number of hydrogen-bond acceptors (Lipinski definition) is 1. The molecule has 1 aliphatic rings. The minimum atomic E-state index is 0. The van der Waals surface area contributed by atoms with Crippen LogP contribution in [0.5, 0.6) is 5.75 Å². The average molecular weight is 334 g/mol. The summed E-state index contributed by atoms with van der Waals surface area (Å²) >= 11 is 2.21. The molecular formula is C15H19Cl2OTi. The maximum Gasteiger partial charge on any atom is -0.147 e. The van der Waals surface area contributed by atoms with E-state index in [9.17, 15) is 0 Å². The minimum absolute atomic E-state index is 0. The Bertz CT molecular complexity index is 467. The van der Waals surface area contributed by atoms with E-state index < -0.39 is 0 Å². The molecular weight excluding hydrogens is 315 g/mol. The summed E-state index contributed by atoms with van der Waals surface area (Å²) in [6, 6.07) is 8.33. The smallest absolute Gasteiger partial charge is 0.147 e. The second kappa shape index (κ2) is 8.86. The first-order valence-electron chi connectivity index (χ1n) is 6.01. The summed E-state index contributed by atoms with van der Waals surface area (Å²) in [5.74, 6) is 1.02. The molecule has 0 saturated heterocycles. The third kappa shape index (κ3) is 5.35. The van der Waals surface area contributed by atoms with E-state index in [1.807, 2.05) is 6.07 Å². The number of benzene rings is 1. The summed E-state index contributed by atoms with van der Waals surface area (Å²) in [5, 5.41) is 0. The summed E-state index contributed by atoms with van der Waals surface area (Å²) in [4.78, 5) is 0. The number of ether oxygens (including phenoxy) is 1. The molecule has 0 bridgehead atoms. The number of allylic oxidation sites excluding steroid dienone is 4. The predicted octanol–water partition coefficient (Wildman–Crippen LogP) is 4.62. The number of para-hydroxylation sites is 1. The van der Waals surface area contributed by atoms with Gasteiger partial charge in [0.25, 0.3) is 0 Å². The largest absolute Gasteiger partial charge is 0.147 e. The van der Waals surface area contributed by atoms with E-state index in [1.165, 1.54) is 15.0 Å². The summed E-state index contributed by atoms with van der Waals surface area (Å²) in [7, 11) is 0. The summed E-state index contributed by atoms with van der Waals surface area (Å²) < 4.78 is 7.32. The Morgan fingerprint density at radius 2 is 1.89 bits per heavy atom. The average Bonchev–Trinajstić information content (AvgIpc) is 2.67. The minimum Gasteiger partial charge on any atom is -0.147 e. The fraction of sp³-hybridized carbons (Fsp3) is 0.333. The van der Waals surface area contributed by atoms with E-state index >= 15 is 0 Å². The third-order valence-corrected chi connectivity index (χ3v) is 3.56. The quantitative estimate of drug-likeness (QED) is 0.730. The zero-order valence-electron chi connectivity index (χ0n) is 11.2. The van der Waals surface area contributed by atoms with Gasteiger partial charge in [0.05, 0.1) is 0 Å². The van der Waals surface area contributed by atoms with Crippen LogP contribution < -0.4 is 4.74 Å². The molecule has 19 heavy (non-hydrogen) atoms. The van der Waals surface area contributed by atoms with Crippen LogP contribution in [-0.4, -0.2) is 6.10 Å². The fourth-order valence-electron chi connectivity index (χ4n) is 1.94. The van der Waals surface area contributed by atoms with Crippen LogP contribution in [0.3, 0.4) is 0 Å². The molecule has 0 spiro atoms. The number of rotatable bonds is 4. The Hall–Kier alpha value is -0.206. The molecule has 0 aliphatic heterocycles. The molecule has 0 atom stereocenters. The molecule has 4 heteroatoms. The maximum absolute atomic E-state index is 5.84. The predicted molar refractivity (Wildman–Crippen MR) is 81.2 cm³/mol. The van der Waals surface area contributed by atoms with Crippen LogP contribution in [0.1, 0.15) is 25.8 Å². The van der Waals surface area contributed by atoms with Crippen molar-refractivity contribution in [1.82, 2.24) is 0 Å².